The first kappa shape index (κ1) is 16.5. The number of carbonyl (C=O) groups excluding carboxylic acids is 1. The van der Waals surface area contributed by atoms with Crippen molar-refractivity contribution in [2.75, 3.05) is 5.32 Å². The molecule has 0 unspecified atom stereocenters. The van der Waals surface area contributed by atoms with Gasteiger partial charge in [0.1, 0.15) is 17.4 Å². The fourth-order valence-electron chi connectivity index (χ4n) is 2.63. The smallest absolute Gasteiger partial charge is 0.340 e. The van der Waals surface area contributed by atoms with Crippen LogP contribution in [0.25, 0.3) is 22.4 Å². The lowest BCUT2D eigenvalue weighted by Crippen LogP contribution is -2.14. The highest BCUT2D eigenvalue weighted by Gasteiger charge is 2.13. The van der Waals surface area contributed by atoms with Gasteiger partial charge in [-0.25, -0.2) is 14.2 Å². The van der Waals surface area contributed by atoms with Crippen LogP contribution in [0.2, 0.25) is 0 Å². The largest absolute Gasteiger partial charge is 0.508 e. The van der Waals surface area contributed by atoms with Gasteiger partial charge in [-0.1, -0.05) is 12.1 Å². The highest BCUT2D eigenvalue weighted by molar-refractivity contribution is 6.03. The first-order valence-corrected chi connectivity index (χ1v) is 7.89. The van der Waals surface area contributed by atoms with Crippen molar-refractivity contribution >= 4 is 22.6 Å². The van der Waals surface area contributed by atoms with Crippen LogP contribution in [0.5, 0.6) is 5.75 Å². The van der Waals surface area contributed by atoms with Crippen LogP contribution in [0.4, 0.5) is 10.1 Å². The number of imidazole rings is 1. The van der Waals surface area contributed by atoms with Crippen molar-refractivity contribution in [2.45, 2.75) is 0 Å². The van der Waals surface area contributed by atoms with Gasteiger partial charge in [0.15, 0.2) is 5.76 Å². The second-order valence-corrected chi connectivity index (χ2v) is 5.78. The first-order chi connectivity index (χ1) is 13.0. The molecule has 0 aliphatic heterocycles. The minimum Gasteiger partial charge on any atom is -0.508 e. The van der Waals surface area contributed by atoms with E-state index in [1.807, 2.05) is 0 Å². The Hall–Kier alpha value is -3.94. The summed E-state index contributed by atoms with van der Waals surface area (Å²) in [4.78, 5) is 30.9. The third kappa shape index (κ3) is 3.40. The van der Waals surface area contributed by atoms with E-state index in [1.54, 1.807) is 30.3 Å². The molecule has 4 rings (SSSR count). The Labute approximate surface area is 151 Å². The maximum atomic E-state index is 13.4. The number of benzene rings is 2. The molecule has 0 bridgehead atoms. The number of H-pyrrole nitrogens is 1. The molecule has 0 aliphatic carbocycles. The van der Waals surface area contributed by atoms with Gasteiger partial charge >= 0.3 is 5.63 Å². The quantitative estimate of drug-likeness (QED) is 0.516. The van der Waals surface area contributed by atoms with Crippen LogP contribution in [0.3, 0.4) is 0 Å². The molecule has 27 heavy (non-hydrogen) atoms. The molecule has 4 aromatic rings. The summed E-state index contributed by atoms with van der Waals surface area (Å²) in [6, 6.07) is 12.9. The molecule has 0 radical (unpaired) electrons. The molecule has 0 saturated heterocycles. The number of nitrogens with zero attached hydrogens (tertiary/aromatic N) is 1. The summed E-state index contributed by atoms with van der Waals surface area (Å²) in [5.41, 5.74) is 1.45. The molecule has 2 aromatic heterocycles. The Morgan fingerprint density at radius 3 is 2.78 bits per heavy atom. The summed E-state index contributed by atoms with van der Waals surface area (Å²) in [5, 5.41) is 12.0. The van der Waals surface area contributed by atoms with Crippen LogP contribution in [-0.4, -0.2) is 21.0 Å². The highest BCUT2D eigenvalue weighted by atomic mass is 19.1. The van der Waals surface area contributed by atoms with Gasteiger partial charge in [0, 0.05) is 17.3 Å². The van der Waals surface area contributed by atoms with Crippen molar-refractivity contribution in [1.29, 1.82) is 0 Å². The van der Waals surface area contributed by atoms with E-state index in [1.165, 1.54) is 12.1 Å². The average Bonchev–Trinajstić information content (AvgIpc) is 3.04. The van der Waals surface area contributed by atoms with E-state index in [4.69, 9.17) is 4.42 Å². The lowest BCUT2D eigenvalue weighted by atomic mass is 10.2. The lowest BCUT2D eigenvalue weighted by Gasteiger charge is -2.04. The molecule has 2 aromatic carbocycles. The zero-order valence-corrected chi connectivity index (χ0v) is 13.7. The van der Waals surface area contributed by atoms with Gasteiger partial charge in [-0.05, 0) is 30.3 Å². The summed E-state index contributed by atoms with van der Waals surface area (Å²) in [7, 11) is 0. The molecule has 0 aliphatic rings. The Morgan fingerprint density at radius 1 is 1.15 bits per heavy atom. The van der Waals surface area contributed by atoms with Crippen LogP contribution in [0.1, 0.15) is 10.6 Å². The topological polar surface area (TPSA) is 108 Å². The van der Waals surface area contributed by atoms with E-state index in [-0.39, 0.29) is 17.3 Å². The molecule has 0 saturated carbocycles. The van der Waals surface area contributed by atoms with Gasteiger partial charge in [0.05, 0.1) is 17.1 Å². The summed E-state index contributed by atoms with van der Waals surface area (Å²) < 4.78 is 18.2. The SMILES string of the molecule is O=C(Nc1ccc2nc(-c3cccc(F)c3)[nH]c2c1)c1cc(O)cc(=O)o1. The van der Waals surface area contributed by atoms with E-state index < -0.39 is 11.5 Å². The van der Waals surface area contributed by atoms with Crippen LogP contribution < -0.4 is 10.9 Å². The lowest BCUT2D eigenvalue weighted by molar-refractivity contribution is 0.0991. The number of nitrogens with one attached hydrogen (secondary N) is 2. The zero-order valence-electron chi connectivity index (χ0n) is 13.7. The van der Waals surface area contributed by atoms with Gasteiger partial charge in [-0.15, -0.1) is 0 Å². The van der Waals surface area contributed by atoms with Gasteiger partial charge < -0.3 is 19.8 Å². The van der Waals surface area contributed by atoms with Crippen LogP contribution in [-0.2, 0) is 0 Å². The Kier molecular flexibility index (Phi) is 3.92. The van der Waals surface area contributed by atoms with Crippen LogP contribution in [0, 0.1) is 5.82 Å². The minimum atomic E-state index is -0.830. The summed E-state index contributed by atoms with van der Waals surface area (Å²) >= 11 is 0. The summed E-state index contributed by atoms with van der Waals surface area (Å²) in [6.45, 7) is 0. The number of rotatable bonds is 3. The second kappa shape index (κ2) is 6.41. The predicted octanol–water partition coefficient (Wildman–Crippen LogP) is 3.28. The van der Waals surface area contributed by atoms with Gasteiger partial charge in [0.25, 0.3) is 5.91 Å². The fraction of sp³-hybridized carbons (Fsp3) is 0. The van der Waals surface area contributed by atoms with Crippen LogP contribution in [0.15, 0.2) is 63.8 Å². The van der Waals surface area contributed by atoms with E-state index in [0.29, 0.717) is 28.1 Å². The number of fused-ring (bicyclic) bond motifs is 1. The molecule has 3 N–H and O–H groups in total. The minimum absolute atomic E-state index is 0.315. The fourth-order valence-corrected chi connectivity index (χ4v) is 2.63. The number of aromatic amines is 1. The van der Waals surface area contributed by atoms with Crippen molar-refractivity contribution in [3.8, 4) is 17.1 Å². The van der Waals surface area contributed by atoms with E-state index in [2.05, 4.69) is 15.3 Å². The van der Waals surface area contributed by atoms with Crippen molar-refractivity contribution in [2.24, 2.45) is 0 Å². The Morgan fingerprint density at radius 2 is 2.00 bits per heavy atom. The monoisotopic (exact) mass is 365 g/mol. The maximum absolute atomic E-state index is 13.4. The van der Waals surface area contributed by atoms with Crippen molar-refractivity contribution in [1.82, 2.24) is 9.97 Å². The molecule has 1 amide bonds. The highest BCUT2D eigenvalue weighted by Crippen LogP contribution is 2.23. The summed E-state index contributed by atoms with van der Waals surface area (Å²) in [6.07, 6.45) is 0. The molecule has 8 heteroatoms. The molecular weight excluding hydrogens is 353 g/mol. The van der Waals surface area contributed by atoms with Crippen LogP contribution >= 0.6 is 0 Å². The number of amides is 1. The third-order valence-corrected chi connectivity index (χ3v) is 3.82. The number of halogens is 1. The maximum Gasteiger partial charge on any atom is 0.340 e. The standard InChI is InChI=1S/C19H12FN3O4/c20-11-3-1-2-10(6-11)18-22-14-5-4-12(7-15(14)23-18)21-19(26)16-8-13(24)9-17(25)27-16/h1-9,24H,(H,21,26)(H,22,23). The number of hydrogen-bond donors (Lipinski definition) is 3. The zero-order chi connectivity index (χ0) is 19.0. The van der Waals surface area contributed by atoms with E-state index in [9.17, 15) is 19.1 Å². The number of anilines is 1. The third-order valence-electron chi connectivity index (χ3n) is 3.82. The number of aromatic nitrogens is 2. The van der Waals surface area contributed by atoms with Gasteiger partial charge in [-0.2, -0.15) is 0 Å². The van der Waals surface area contributed by atoms with Gasteiger partial charge in [-0.3, -0.25) is 4.79 Å². The number of hydrogen-bond acceptors (Lipinski definition) is 5. The molecule has 0 spiro atoms. The Bertz CT molecular complexity index is 1230. The normalized spacial score (nSPS) is 10.9. The molecule has 134 valence electrons. The Balaban J connectivity index is 1.63. The average molecular weight is 365 g/mol. The van der Waals surface area contributed by atoms with E-state index in [0.717, 1.165) is 12.1 Å². The van der Waals surface area contributed by atoms with E-state index >= 15 is 0 Å². The van der Waals surface area contributed by atoms with Crippen molar-refractivity contribution in [3.63, 3.8) is 0 Å². The van der Waals surface area contributed by atoms with Crippen molar-refractivity contribution < 1.29 is 18.7 Å². The molecule has 0 fully saturated rings. The number of aromatic hydroxyl groups is 1. The molecular formula is C19H12FN3O4. The molecule has 0 atom stereocenters. The first-order valence-electron chi connectivity index (χ1n) is 7.89. The van der Waals surface area contributed by atoms with Gasteiger partial charge in [0.2, 0.25) is 0 Å². The second-order valence-electron chi connectivity index (χ2n) is 5.78. The molecule has 7 nitrogen and oxygen atoms in total. The summed E-state index contributed by atoms with van der Waals surface area (Å²) in [5.74, 6) is -1.24. The molecule has 2 heterocycles. The number of carbonyl (C=O) groups is 1. The van der Waals surface area contributed by atoms with Crippen molar-refractivity contribution in [3.05, 3.63) is 76.6 Å². The predicted molar refractivity (Wildman–Crippen MR) is 96.1 cm³/mol.